The summed E-state index contributed by atoms with van der Waals surface area (Å²) in [5, 5.41) is 19.2. The lowest BCUT2D eigenvalue weighted by atomic mass is 9.62. The predicted molar refractivity (Wildman–Crippen MR) is 117 cm³/mol. The first kappa shape index (κ1) is 20.5. The number of nitrogens with zero attached hydrogens (tertiary/aromatic N) is 2. The molecule has 4 heteroatoms. The molecule has 2 aliphatic rings. The topological polar surface area (TPSA) is 74.0 Å². The van der Waals surface area contributed by atoms with Gasteiger partial charge < -0.3 is 5.11 Å². The van der Waals surface area contributed by atoms with Gasteiger partial charge in [-0.05, 0) is 54.2 Å². The Labute approximate surface area is 178 Å². The number of Topliss-reactive ketones (excluding diaryl/α,β-unsaturated/α-hetero) is 1. The number of allylic oxidation sites excluding steroid dienone is 1. The molecule has 1 aromatic carbocycles. The number of carbonyl (C=O) groups is 1. The Hall–Kier alpha value is -2.77. The molecule has 1 heterocycles. The fraction of sp³-hybridized carbons (Fsp3) is 0.423. The first-order chi connectivity index (χ1) is 14.5. The van der Waals surface area contributed by atoms with Gasteiger partial charge in [0, 0.05) is 29.7 Å². The quantitative estimate of drug-likeness (QED) is 0.804. The molecule has 2 saturated carbocycles. The fourth-order valence-corrected chi connectivity index (χ4v) is 5.57. The van der Waals surface area contributed by atoms with Crippen LogP contribution in [0.1, 0.15) is 37.9 Å². The summed E-state index contributed by atoms with van der Waals surface area (Å²) in [7, 11) is 0. The normalized spacial score (nSPS) is 30.9. The third-order valence-corrected chi connectivity index (χ3v) is 7.34. The van der Waals surface area contributed by atoms with Crippen molar-refractivity contribution < 1.29 is 9.90 Å². The van der Waals surface area contributed by atoms with Gasteiger partial charge in [-0.25, -0.2) is 0 Å². The number of aliphatic hydroxyl groups is 1. The summed E-state index contributed by atoms with van der Waals surface area (Å²) in [6, 6.07) is 13.7. The third kappa shape index (κ3) is 3.70. The van der Waals surface area contributed by atoms with E-state index in [4.69, 9.17) is 0 Å². The van der Waals surface area contributed by atoms with Crippen molar-refractivity contribution in [3.8, 4) is 17.2 Å². The van der Waals surface area contributed by atoms with E-state index >= 15 is 0 Å². The smallest absolute Gasteiger partial charge is 0.138 e. The lowest BCUT2D eigenvalue weighted by molar-refractivity contribution is -0.122. The maximum absolute atomic E-state index is 12.4. The first-order valence-corrected chi connectivity index (χ1v) is 10.8. The van der Waals surface area contributed by atoms with Gasteiger partial charge in [0.1, 0.15) is 5.78 Å². The number of benzene rings is 1. The summed E-state index contributed by atoms with van der Waals surface area (Å²) in [4.78, 5) is 17.0. The zero-order chi connectivity index (χ0) is 21.3. The minimum Gasteiger partial charge on any atom is -0.396 e. The van der Waals surface area contributed by atoms with Gasteiger partial charge in [0.2, 0.25) is 0 Å². The van der Waals surface area contributed by atoms with Crippen LogP contribution in [0.2, 0.25) is 0 Å². The minimum atomic E-state index is -0.225. The average molecular weight is 401 g/mol. The highest BCUT2D eigenvalue weighted by molar-refractivity contribution is 5.84. The monoisotopic (exact) mass is 400 g/mol. The van der Waals surface area contributed by atoms with E-state index in [9.17, 15) is 15.2 Å². The van der Waals surface area contributed by atoms with E-state index < -0.39 is 0 Å². The van der Waals surface area contributed by atoms with Crippen molar-refractivity contribution >= 4 is 11.9 Å². The molecule has 0 radical (unpaired) electrons. The van der Waals surface area contributed by atoms with E-state index in [0.29, 0.717) is 29.7 Å². The molecule has 1 aromatic heterocycles. The lowest BCUT2D eigenvalue weighted by Gasteiger charge is -2.42. The number of rotatable bonds is 4. The van der Waals surface area contributed by atoms with Crippen LogP contribution in [0.15, 0.2) is 48.7 Å². The van der Waals surface area contributed by atoms with E-state index in [2.05, 4.69) is 31.0 Å². The highest BCUT2D eigenvalue weighted by Gasteiger charge is 2.50. The number of ketones is 1. The molecular formula is C26H28N2O2. The number of hydrogen-bond acceptors (Lipinski definition) is 4. The molecule has 0 bridgehead atoms. The highest BCUT2D eigenvalue weighted by Crippen LogP contribution is 2.51. The lowest BCUT2D eigenvalue weighted by Crippen LogP contribution is -2.38. The highest BCUT2D eigenvalue weighted by atomic mass is 16.3. The molecular weight excluding hydrogens is 372 g/mol. The van der Waals surface area contributed by atoms with E-state index in [1.807, 2.05) is 42.5 Å². The van der Waals surface area contributed by atoms with Crippen LogP contribution in [0.5, 0.6) is 0 Å². The van der Waals surface area contributed by atoms with Gasteiger partial charge in [-0.1, -0.05) is 44.2 Å². The van der Waals surface area contributed by atoms with Crippen molar-refractivity contribution in [3.05, 3.63) is 59.9 Å². The largest absolute Gasteiger partial charge is 0.396 e. The van der Waals surface area contributed by atoms with Crippen LogP contribution in [0, 0.1) is 46.8 Å². The van der Waals surface area contributed by atoms with E-state index in [1.165, 1.54) is 0 Å². The number of fused-ring (bicyclic) bond motifs is 1. The van der Waals surface area contributed by atoms with Gasteiger partial charge in [0.05, 0.1) is 23.9 Å². The van der Waals surface area contributed by atoms with Crippen molar-refractivity contribution in [1.29, 1.82) is 5.26 Å². The second-order valence-electron chi connectivity index (χ2n) is 8.93. The van der Waals surface area contributed by atoms with Gasteiger partial charge >= 0.3 is 0 Å². The van der Waals surface area contributed by atoms with Crippen LogP contribution in [-0.2, 0) is 4.79 Å². The number of nitriles is 1. The molecule has 154 valence electrons. The molecule has 30 heavy (non-hydrogen) atoms. The van der Waals surface area contributed by atoms with Crippen molar-refractivity contribution in [3.63, 3.8) is 0 Å². The number of aromatic nitrogens is 1. The molecule has 0 saturated heterocycles. The molecule has 1 N–H and O–H groups in total. The third-order valence-electron chi connectivity index (χ3n) is 7.34. The Morgan fingerprint density at radius 2 is 2.03 bits per heavy atom. The summed E-state index contributed by atoms with van der Waals surface area (Å²) < 4.78 is 0. The van der Waals surface area contributed by atoms with Gasteiger partial charge in [-0.15, -0.1) is 0 Å². The molecule has 6 atom stereocenters. The maximum Gasteiger partial charge on any atom is 0.138 e. The molecule has 4 nitrogen and oxygen atoms in total. The number of aliphatic hydroxyl groups excluding tert-OH is 1. The Bertz CT molecular complexity index is 989. The van der Waals surface area contributed by atoms with E-state index in [1.54, 1.807) is 6.20 Å². The Kier molecular flexibility index (Phi) is 5.83. The summed E-state index contributed by atoms with van der Waals surface area (Å²) in [5.74, 6) is 1.90. The van der Waals surface area contributed by atoms with Crippen molar-refractivity contribution in [2.45, 2.75) is 26.7 Å². The van der Waals surface area contributed by atoms with Gasteiger partial charge in [0.15, 0.2) is 0 Å². The standard InChI is InChI=1S/C26H28N2O2/c1-16-11-20-12-25(30)24(15-29)26(20)22(17(16)2)10-9-21-8-7-19(14-28-21)23-6-4-3-5-18(23)13-27/h3-10,14,16-17,20,22,24,26,29H,11-12,15H2,1-2H3/b10-9+/t16-,17+,20-,22-,24-,26+/m0/s1. The number of pyridine rings is 1. The maximum atomic E-state index is 12.4. The molecule has 2 aliphatic carbocycles. The van der Waals surface area contributed by atoms with Gasteiger partial charge in [-0.3, -0.25) is 9.78 Å². The number of hydrogen-bond donors (Lipinski definition) is 1. The van der Waals surface area contributed by atoms with Gasteiger partial charge in [-0.2, -0.15) is 5.26 Å². The van der Waals surface area contributed by atoms with Crippen molar-refractivity contribution in [2.24, 2.45) is 35.5 Å². The number of carbonyl (C=O) groups excluding carboxylic acids is 1. The second kappa shape index (κ2) is 8.53. The Morgan fingerprint density at radius 3 is 2.73 bits per heavy atom. The van der Waals surface area contributed by atoms with Crippen LogP contribution in [-0.4, -0.2) is 22.5 Å². The molecule has 0 unspecified atom stereocenters. The molecule has 0 spiro atoms. The van der Waals surface area contributed by atoms with Crippen LogP contribution in [0.4, 0.5) is 0 Å². The first-order valence-electron chi connectivity index (χ1n) is 10.8. The fourth-order valence-electron chi connectivity index (χ4n) is 5.57. The molecule has 0 amide bonds. The van der Waals surface area contributed by atoms with Gasteiger partial charge in [0.25, 0.3) is 0 Å². The average Bonchev–Trinajstić information content (AvgIpc) is 3.08. The van der Waals surface area contributed by atoms with E-state index in [-0.39, 0.29) is 30.1 Å². The second-order valence-corrected chi connectivity index (χ2v) is 8.93. The zero-order valence-electron chi connectivity index (χ0n) is 17.5. The van der Waals surface area contributed by atoms with E-state index in [0.717, 1.165) is 23.2 Å². The summed E-state index contributed by atoms with van der Waals surface area (Å²) in [5.41, 5.74) is 3.31. The summed E-state index contributed by atoms with van der Waals surface area (Å²) >= 11 is 0. The molecule has 2 aromatic rings. The molecule has 4 rings (SSSR count). The van der Waals surface area contributed by atoms with Crippen LogP contribution in [0.3, 0.4) is 0 Å². The van der Waals surface area contributed by atoms with Crippen LogP contribution < -0.4 is 0 Å². The van der Waals surface area contributed by atoms with Crippen molar-refractivity contribution in [1.82, 2.24) is 4.98 Å². The van der Waals surface area contributed by atoms with Crippen LogP contribution in [0.25, 0.3) is 17.2 Å². The summed E-state index contributed by atoms with van der Waals surface area (Å²) in [6.45, 7) is 4.50. The Morgan fingerprint density at radius 1 is 1.23 bits per heavy atom. The molecule has 0 aliphatic heterocycles. The molecule has 2 fully saturated rings. The zero-order valence-corrected chi connectivity index (χ0v) is 17.5. The summed E-state index contributed by atoms with van der Waals surface area (Å²) in [6.07, 6.45) is 7.76. The Balaban J connectivity index is 1.57. The minimum absolute atomic E-state index is 0.0450. The van der Waals surface area contributed by atoms with Crippen LogP contribution >= 0.6 is 0 Å². The SMILES string of the molecule is C[C@H]1[C@H](/C=C/c2ccc(-c3ccccc3C#N)cn2)[C@H]2[C@H](CC(=O)[C@@H]2CO)C[C@@H]1C. The van der Waals surface area contributed by atoms with Crippen molar-refractivity contribution in [2.75, 3.05) is 6.61 Å². The predicted octanol–water partition coefficient (Wildman–Crippen LogP) is 4.74.